The number of nitrogens with two attached hydrogens (primary N) is 1. The first-order chi connectivity index (χ1) is 8.52. The van der Waals surface area contributed by atoms with Gasteiger partial charge in [-0.1, -0.05) is 0 Å². The van der Waals surface area contributed by atoms with Crippen molar-refractivity contribution in [2.24, 2.45) is 5.73 Å². The van der Waals surface area contributed by atoms with Gasteiger partial charge in [0.25, 0.3) is 5.92 Å². The zero-order valence-corrected chi connectivity index (χ0v) is 11.4. The number of alkyl carbamates (subject to hydrolysis) is 1. The first kappa shape index (κ1) is 14.5. The number of rotatable bonds is 2. The van der Waals surface area contributed by atoms with E-state index in [2.05, 4.69) is 5.32 Å². The summed E-state index contributed by atoms with van der Waals surface area (Å²) in [5, 5.41) is 2.52. The molecule has 1 amide bonds. The molecule has 0 aromatic rings. The molecule has 0 spiro atoms. The van der Waals surface area contributed by atoms with E-state index in [1.165, 1.54) is 0 Å². The van der Waals surface area contributed by atoms with Gasteiger partial charge in [0.1, 0.15) is 11.1 Å². The van der Waals surface area contributed by atoms with Crippen LogP contribution in [-0.4, -0.2) is 41.9 Å². The molecule has 2 fully saturated rings. The van der Waals surface area contributed by atoms with Gasteiger partial charge in [-0.15, -0.1) is 0 Å². The lowest BCUT2D eigenvalue weighted by Crippen LogP contribution is -2.65. The molecule has 2 rings (SSSR count). The van der Waals surface area contributed by atoms with Crippen molar-refractivity contribution in [1.29, 1.82) is 0 Å². The number of carbonyl (C=O) groups excluding carboxylic acids is 1. The van der Waals surface area contributed by atoms with E-state index in [0.717, 1.165) is 0 Å². The first-order valence-electron chi connectivity index (χ1n) is 6.27. The number of halogens is 2. The van der Waals surface area contributed by atoms with Crippen LogP contribution in [0.4, 0.5) is 13.6 Å². The van der Waals surface area contributed by atoms with Gasteiger partial charge < -0.3 is 20.5 Å². The third-order valence-corrected chi connectivity index (χ3v) is 3.64. The number of alkyl halides is 2. The molecule has 1 aliphatic heterocycles. The van der Waals surface area contributed by atoms with Crippen molar-refractivity contribution >= 4 is 6.09 Å². The Morgan fingerprint density at radius 2 is 2.00 bits per heavy atom. The van der Waals surface area contributed by atoms with Crippen LogP contribution in [0.15, 0.2) is 0 Å². The van der Waals surface area contributed by atoms with Crippen molar-refractivity contribution in [2.75, 3.05) is 13.2 Å². The number of hydrogen-bond donors (Lipinski definition) is 2. The number of amides is 1. The van der Waals surface area contributed by atoms with E-state index in [1.54, 1.807) is 20.8 Å². The van der Waals surface area contributed by atoms with Gasteiger partial charge in [-0.2, -0.15) is 0 Å². The van der Waals surface area contributed by atoms with Gasteiger partial charge in [-0.3, -0.25) is 0 Å². The minimum Gasteiger partial charge on any atom is -0.444 e. The van der Waals surface area contributed by atoms with Gasteiger partial charge >= 0.3 is 6.09 Å². The van der Waals surface area contributed by atoms with E-state index in [9.17, 15) is 13.6 Å². The Labute approximate surface area is 110 Å². The molecule has 1 saturated carbocycles. The fourth-order valence-corrected chi connectivity index (χ4v) is 2.45. The predicted octanol–water partition coefficient (Wildman–Crippen LogP) is 1.41. The molecular formula is C12H20F2N2O3. The topological polar surface area (TPSA) is 73.6 Å². The fourth-order valence-electron chi connectivity index (χ4n) is 2.45. The monoisotopic (exact) mass is 278 g/mol. The Morgan fingerprint density at radius 1 is 1.42 bits per heavy atom. The molecule has 5 nitrogen and oxygen atoms in total. The van der Waals surface area contributed by atoms with Crippen molar-refractivity contribution in [1.82, 2.24) is 5.32 Å². The van der Waals surface area contributed by atoms with E-state index in [-0.39, 0.29) is 13.0 Å². The minimum absolute atomic E-state index is 0.0155. The highest BCUT2D eigenvalue weighted by Crippen LogP contribution is 2.58. The summed E-state index contributed by atoms with van der Waals surface area (Å²) in [5.41, 5.74) is 2.09. The molecular weight excluding hydrogens is 258 g/mol. The van der Waals surface area contributed by atoms with Crippen molar-refractivity contribution < 1.29 is 23.0 Å². The number of nitrogens with one attached hydrogen (secondary N) is 1. The summed E-state index contributed by atoms with van der Waals surface area (Å²) >= 11 is 0. The Hall–Kier alpha value is -0.950. The molecule has 1 heterocycles. The zero-order valence-electron chi connectivity index (χ0n) is 11.4. The summed E-state index contributed by atoms with van der Waals surface area (Å²) in [7, 11) is 0. The molecule has 0 radical (unpaired) electrons. The number of hydrogen-bond acceptors (Lipinski definition) is 4. The minimum atomic E-state index is -2.98. The van der Waals surface area contributed by atoms with Crippen LogP contribution in [0.2, 0.25) is 0 Å². The highest BCUT2D eigenvalue weighted by atomic mass is 19.3. The summed E-state index contributed by atoms with van der Waals surface area (Å²) in [6.07, 6.45) is -0.928. The van der Waals surface area contributed by atoms with Gasteiger partial charge in [-0.25, -0.2) is 13.6 Å². The van der Waals surface area contributed by atoms with Crippen LogP contribution in [0, 0.1) is 0 Å². The Morgan fingerprint density at radius 3 is 2.37 bits per heavy atom. The molecule has 110 valence electrons. The Bertz CT molecular complexity index is 389. The second-order valence-electron chi connectivity index (χ2n) is 6.36. The lowest BCUT2D eigenvalue weighted by molar-refractivity contribution is 0.0247. The van der Waals surface area contributed by atoms with E-state index in [0.29, 0.717) is 6.61 Å². The normalized spacial score (nSPS) is 36.9. The summed E-state index contributed by atoms with van der Waals surface area (Å²) in [4.78, 5) is 11.8. The molecule has 2 atom stereocenters. The molecule has 1 saturated heterocycles. The van der Waals surface area contributed by atoms with Gasteiger partial charge in [0.2, 0.25) is 0 Å². The number of carbonyl (C=O) groups is 1. The lowest BCUT2D eigenvalue weighted by Gasteiger charge is -2.35. The molecule has 19 heavy (non-hydrogen) atoms. The van der Waals surface area contributed by atoms with Crippen LogP contribution in [0.25, 0.3) is 0 Å². The Kier molecular flexibility index (Phi) is 3.06. The van der Waals surface area contributed by atoms with E-state index in [4.69, 9.17) is 15.2 Å². The third kappa shape index (κ3) is 2.41. The fraction of sp³-hybridized carbons (Fsp3) is 0.917. The Balaban J connectivity index is 2.12. The van der Waals surface area contributed by atoms with E-state index >= 15 is 0 Å². The molecule has 2 aliphatic rings. The average molecular weight is 278 g/mol. The zero-order chi connectivity index (χ0) is 14.5. The van der Waals surface area contributed by atoms with Crippen molar-refractivity contribution in [3.05, 3.63) is 0 Å². The maximum absolute atomic E-state index is 13.5. The SMILES string of the molecule is CC(C)(C)OC(=O)NC1(C2(N)CC2(F)F)CCOC1. The van der Waals surface area contributed by atoms with Crippen LogP contribution in [0.5, 0.6) is 0 Å². The van der Waals surface area contributed by atoms with Crippen molar-refractivity contribution in [3.63, 3.8) is 0 Å². The van der Waals surface area contributed by atoms with Crippen LogP contribution < -0.4 is 11.1 Å². The van der Waals surface area contributed by atoms with Gasteiger partial charge in [-0.05, 0) is 27.2 Å². The number of ether oxygens (including phenoxy) is 2. The average Bonchev–Trinajstić information content (AvgIpc) is 2.60. The molecule has 0 aromatic carbocycles. The van der Waals surface area contributed by atoms with Gasteiger partial charge in [0.05, 0.1) is 12.1 Å². The lowest BCUT2D eigenvalue weighted by atomic mass is 9.86. The van der Waals surface area contributed by atoms with Crippen molar-refractivity contribution in [2.45, 2.75) is 56.2 Å². The van der Waals surface area contributed by atoms with Crippen LogP contribution in [0.3, 0.4) is 0 Å². The highest BCUT2D eigenvalue weighted by molar-refractivity contribution is 5.69. The molecule has 3 N–H and O–H groups in total. The van der Waals surface area contributed by atoms with Crippen LogP contribution in [0.1, 0.15) is 33.6 Å². The summed E-state index contributed by atoms with van der Waals surface area (Å²) in [6, 6.07) is 0. The molecule has 0 bridgehead atoms. The highest BCUT2D eigenvalue weighted by Gasteiger charge is 2.79. The summed E-state index contributed by atoms with van der Waals surface area (Å²) < 4.78 is 37.3. The maximum Gasteiger partial charge on any atom is 0.408 e. The van der Waals surface area contributed by atoms with Crippen LogP contribution in [-0.2, 0) is 9.47 Å². The standard InChI is InChI=1S/C12H20F2N2O3/c1-9(2,3)19-8(17)16-10(4-5-18-7-10)11(15)6-12(11,13)14/h4-7,15H2,1-3H3,(H,16,17). The summed E-state index contributed by atoms with van der Waals surface area (Å²) in [5.74, 6) is -2.98. The van der Waals surface area contributed by atoms with Gasteiger partial charge in [0, 0.05) is 13.0 Å². The van der Waals surface area contributed by atoms with E-state index < -0.39 is 35.1 Å². The van der Waals surface area contributed by atoms with Crippen LogP contribution >= 0.6 is 0 Å². The second-order valence-corrected chi connectivity index (χ2v) is 6.36. The molecule has 1 aliphatic carbocycles. The van der Waals surface area contributed by atoms with E-state index in [1.807, 2.05) is 0 Å². The van der Waals surface area contributed by atoms with Crippen molar-refractivity contribution in [3.8, 4) is 0 Å². The third-order valence-electron chi connectivity index (χ3n) is 3.64. The predicted molar refractivity (Wildman–Crippen MR) is 64.0 cm³/mol. The smallest absolute Gasteiger partial charge is 0.408 e. The second kappa shape index (κ2) is 4.02. The largest absolute Gasteiger partial charge is 0.444 e. The maximum atomic E-state index is 13.5. The summed E-state index contributed by atoms with van der Waals surface area (Å²) in [6.45, 7) is 5.39. The molecule has 0 aromatic heterocycles. The van der Waals surface area contributed by atoms with Gasteiger partial charge in [0.15, 0.2) is 0 Å². The molecule has 2 unspecified atom stereocenters. The molecule has 7 heteroatoms. The quantitative estimate of drug-likeness (QED) is 0.801. The first-order valence-corrected chi connectivity index (χ1v) is 6.27.